The average Bonchev–Trinajstić information content (AvgIpc) is 3.40. The number of nitrogens with zero attached hydrogens (tertiary/aromatic N) is 5. The van der Waals surface area contributed by atoms with Gasteiger partial charge in [0.25, 0.3) is 5.56 Å². The molecule has 39 heavy (non-hydrogen) atoms. The predicted octanol–water partition coefficient (Wildman–Crippen LogP) is 2.59. The van der Waals surface area contributed by atoms with Gasteiger partial charge in [0.15, 0.2) is 5.78 Å². The molecule has 0 atom stereocenters. The van der Waals surface area contributed by atoms with Gasteiger partial charge < -0.3 is 10.1 Å². The minimum atomic E-state index is -1.66. The number of thiol groups is 1. The molecule has 11 nitrogen and oxygen atoms in total. The van der Waals surface area contributed by atoms with Crippen LogP contribution in [0.1, 0.15) is 57.5 Å². The van der Waals surface area contributed by atoms with Crippen LogP contribution < -0.4 is 21.3 Å². The first-order valence-corrected chi connectivity index (χ1v) is 12.5. The normalized spacial score (nSPS) is 12.4. The van der Waals surface area contributed by atoms with Crippen molar-refractivity contribution >= 4 is 35.6 Å². The summed E-state index contributed by atoms with van der Waals surface area (Å²) >= 11 is 4.50. The standard InChI is InChI=1S/C26H31FN6O5S/c1-14(2)30-24(36)26(5,6)32-22(35)21(15(3)16(4)33-28-10-11-29-33)23(39)31(25(32)37)13-19(34)18-12-17(27)8-9-20(18)38-7/h8-12,14,39H,13H2,1-7H3,(H,30,36)/b16-15+. The molecule has 0 saturated carbocycles. The molecule has 3 rings (SSSR count). The van der Waals surface area contributed by atoms with Crippen LogP contribution in [-0.2, 0) is 16.9 Å². The zero-order valence-corrected chi connectivity index (χ0v) is 23.7. The quantitative estimate of drug-likeness (QED) is 0.235. The SMILES string of the molecule is COc1ccc(F)cc1C(=O)Cn1c(S)c(/C(C)=C(\C)n2nccn2)c(=O)n(C(C)(C)C(=O)NC(C)C)c1=O. The largest absolute Gasteiger partial charge is 0.496 e. The third-order valence-electron chi connectivity index (χ3n) is 6.25. The van der Waals surface area contributed by atoms with E-state index in [-0.39, 0.29) is 27.9 Å². The molecule has 2 aromatic heterocycles. The van der Waals surface area contributed by atoms with Crippen LogP contribution in [0.5, 0.6) is 5.75 Å². The van der Waals surface area contributed by atoms with Crippen molar-refractivity contribution in [1.82, 2.24) is 29.4 Å². The van der Waals surface area contributed by atoms with E-state index in [1.54, 1.807) is 27.7 Å². The summed E-state index contributed by atoms with van der Waals surface area (Å²) in [6.45, 7) is 9.02. The van der Waals surface area contributed by atoms with E-state index in [0.717, 1.165) is 21.3 Å². The zero-order valence-electron chi connectivity index (χ0n) is 22.8. The Kier molecular flexibility index (Phi) is 8.64. The first kappa shape index (κ1) is 29.6. The molecule has 0 bridgehead atoms. The summed E-state index contributed by atoms with van der Waals surface area (Å²) in [6, 6.07) is 3.17. The van der Waals surface area contributed by atoms with Gasteiger partial charge in [-0.3, -0.25) is 19.0 Å². The van der Waals surface area contributed by atoms with Crippen LogP contribution in [-0.4, -0.2) is 49.0 Å². The van der Waals surface area contributed by atoms with Gasteiger partial charge in [0.1, 0.15) is 17.1 Å². The zero-order chi connectivity index (χ0) is 29.2. The summed E-state index contributed by atoms with van der Waals surface area (Å²) in [6.07, 6.45) is 2.92. The molecule has 0 fully saturated rings. The van der Waals surface area contributed by atoms with Crippen LogP contribution >= 0.6 is 12.6 Å². The Morgan fingerprint density at radius 2 is 1.77 bits per heavy atom. The Morgan fingerprint density at radius 1 is 1.15 bits per heavy atom. The predicted molar refractivity (Wildman–Crippen MR) is 147 cm³/mol. The van der Waals surface area contributed by atoms with Crippen LogP contribution in [0.15, 0.2) is 45.2 Å². The fraction of sp³-hybridized carbons (Fsp3) is 0.385. The molecule has 2 heterocycles. The number of allylic oxidation sites excluding steroid dienone is 2. The summed E-state index contributed by atoms with van der Waals surface area (Å²) in [5.74, 6) is -1.81. The molecular formula is C26H31FN6O5S. The Morgan fingerprint density at radius 3 is 2.33 bits per heavy atom. The summed E-state index contributed by atoms with van der Waals surface area (Å²) in [5.41, 5.74) is -2.71. The molecule has 0 spiro atoms. The van der Waals surface area contributed by atoms with Crippen molar-refractivity contribution in [3.63, 3.8) is 0 Å². The van der Waals surface area contributed by atoms with Gasteiger partial charge in [-0.05, 0) is 65.3 Å². The summed E-state index contributed by atoms with van der Waals surface area (Å²) in [5, 5.41) is 10.8. The van der Waals surface area contributed by atoms with Gasteiger partial charge in [0.2, 0.25) is 5.91 Å². The second kappa shape index (κ2) is 11.4. The maximum absolute atomic E-state index is 14.0. The van der Waals surface area contributed by atoms with E-state index in [9.17, 15) is 23.6 Å². The van der Waals surface area contributed by atoms with Crippen molar-refractivity contribution in [2.75, 3.05) is 7.11 Å². The fourth-order valence-corrected chi connectivity index (χ4v) is 4.41. The van der Waals surface area contributed by atoms with Gasteiger partial charge in [-0.15, -0.1) is 12.6 Å². The number of hydrogen-bond acceptors (Lipinski definition) is 8. The molecule has 0 unspecified atom stereocenters. The van der Waals surface area contributed by atoms with Gasteiger partial charge in [0.05, 0.1) is 47.9 Å². The molecule has 0 aliphatic rings. The topological polar surface area (TPSA) is 130 Å². The lowest BCUT2D eigenvalue weighted by atomic mass is 10.0. The van der Waals surface area contributed by atoms with Crippen LogP contribution in [0.4, 0.5) is 4.39 Å². The summed E-state index contributed by atoms with van der Waals surface area (Å²) in [4.78, 5) is 55.5. The molecule has 208 valence electrons. The number of Topliss-reactive ketones (excluding diaryl/α,β-unsaturated/α-hetero) is 1. The fourth-order valence-electron chi connectivity index (χ4n) is 3.99. The number of benzene rings is 1. The number of methoxy groups -OCH3 is 1. The van der Waals surface area contributed by atoms with Crippen molar-refractivity contribution in [2.45, 2.75) is 64.7 Å². The number of amides is 1. The maximum Gasteiger partial charge on any atom is 0.333 e. The van der Waals surface area contributed by atoms with Crippen molar-refractivity contribution < 1.29 is 18.7 Å². The number of nitrogens with one attached hydrogen (secondary N) is 1. The number of ketones is 1. The van der Waals surface area contributed by atoms with E-state index in [0.29, 0.717) is 11.3 Å². The highest BCUT2D eigenvalue weighted by Gasteiger charge is 2.36. The Bertz CT molecular complexity index is 1570. The van der Waals surface area contributed by atoms with Crippen molar-refractivity contribution in [3.05, 3.63) is 68.4 Å². The van der Waals surface area contributed by atoms with Crippen LogP contribution in [0.3, 0.4) is 0 Å². The third-order valence-corrected chi connectivity index (χ3v) is 6.72. The first-order chi connectivity index (χ1) is 18.2. The minimum Gasteiger partial charge on any atom is -0.496 e. The molecule has 0 saturated heterocycles. The smallest absolute Gasteiger partial charge is 0.333 e. The Labute approximate surface area is 229 Å². The lowest BCUT2D eigenvalue weighted by Crippen LogP contribution is -2.57. The number of halogens is 1. The Hall–Kier alpha value is -4.00. The molecule has 1 aromatic carbocycles. The number of carbonyl (C=O) groups excluding carboxylic acids is 2. The summed E-state index contributed by atoms with van der Waals surface area (Å²) in [7, 11) is 1.33. The Balaban J connectivity index is 2.35. The second-order valence-electron chi connectivity index (χ2n) is 9.69. The number of hydrogen-bond donors (Lipinski definition) is 2. The van der Waals surface area contributed by atoms with Gasteiger partial charge >= 0.3 is 5.69 Å². The third kappa shape index (κ3) is 5.72. The number of rotatable bonds is 9. The summed E-state index contributed by atoms with van der Waals surface area (Å²) < 4.78 is 21.0. The van der Waals surface area contributed by atoms with Gasteiger partial charge in [0, 0.05) is 6.04 Å². The van der Waals surface area contributed by atoms with Crippen molar-refractivity contribution in [2.24, 2.45) is 0 Å². The second-order valence-corrected chi connectivity index (χ2v) is 10.1. The highest BCUT2D eigenvalue weighted by Crippen LogP contribution is 2.25. The molecule has 1 amide bonds. The first-order valence-electron chi connectivity index (χ1n) is 12.0. The lowest BCUT2D eigenvalue weighted by Gasteiger charge is -2.29. The van der Waals surface area contributed by atoms with Crippen molar-refractivity contribution in [3.8, 4) is 5.75 Å². The van der Waals surface area contributed by atoms with E-state index >= 15 is 0 Å². The van der Waals surface area contributed by atoms with Crippen LogP contribution in [0.25, 0.3) is 11.3 Å². The molecule has 0 aliphatic heterocycles. The lowest BCUT2D eigenvalue weighted by molar-refractivity contribution is -0.129. The molecule has 1 N–H and O–H groups in total. The molecule has 0 radical (unpaired) electrons. The van der Waals surface area contributed by atoms with E-state index in [1.165, 1.54) is 44.2 Å². The molecular weight excluding hydrogens is 527 g/mol. The molecule has 13 heteroatoms. The molecule has 0 aliphatic carbocycles. The van der Waals surface area contributed by atoms with E-state index < -0.39 is 40.8 Å². The highest BCUT2D eigenvalue weighted by atomic mass is 32.1. The number of aromatic nitrogens is 5. The van der Waals surface area contributed by atoms with E-state index in [1.807, 2.05) is 0 Å². The van der Waals surface area contributed by atoms with E-state index in [2.05, 4.69) is 28.1 Å². The van der Waals surface area contributed by atoms with Crippen LogP contribution in [0.2, 0.25) is 0 Å². The number of ether oxygens (including phenoxy) is 1. The van der Waals surface area contributed by atoms with Crippen molar-refractivity contribution in [1.29, 1.82) is 0 Å². The average molecular weight is 559 g/mol. The molecule has 3 aromatic rings. The van der Waals surface area contributed by atoms with Gasteiger partial charge in [-0.1, -0.05) is 0 Å². The van der Waals surface area contributed by atoms with Gasteiger partial charge in [-0.2, -0.15) is 15.0 Å². The minimum absolute atomic E-state index is 0.0304. The monoisotopic (exact) mass is 558 g/mol. The van der Waals surface area contributed by atoms with Crippen LogP contribution in [0, 0.1) is 5.82 Å². The maximum atomic E-state index is 14.0. The highest BCUT2D eigenvalue weighted by molar-refractivity contribution is 7.80. The van der Waals surface area contributed by atoms with Gasteiger partial charge in [-0.25, -0.2) is 13.8 Å². The van der Waals surface area contributed by atoms with E-state index in [4.69, 9.17) is 4.74 Å². The number of carbonyl (C=O) groups is 2.